The van der Waals surface area contributed by atoms with Crippen molar-refractivity contribution in [1.29, 1.82) is 0 Å². The van der Waals surface area contributed by atoms with Crippen LogP contribution in [0.15, 0.2) is 0 Å². The molecule has 1 rings (SSSR count). The van der Waals surface area contributed by atoms with Crippen LogP contribution in [0.1, 0.15) is 34.1 Å². The van der Waals surface area contributed by atoms with Gasteiger partial charge < -0.3 is 5.32 Å². The van der Waals surface area contributed by atoms with E-state index in [0.29, 0.717) is 23.5 Å². The molecule has 15 heavy (non-hydrogen) atoms. The van der Waals surface area contributed by atoms with Crippen LogP contribution >= 0.6 is 0 Å². The average molecular weight is 233 g/mol. The van der Waals surface area contributed by atoms with Crippen molar-refractivity contribution in [3.63, 3.8) is 0 Å². The molecule has 90 valence electrons. The van der Waals surface area contributed by atoms with Gasteiger partial charge >= 0.3 is 0 Å². The highest BCUT2D eigenvalue weighted by atomic mass is 32.2. The number of hydrogen-bond donors (Lipinski definition) is 1. The smallest absolute Gasteiger partial charge is 0.150 e. The number of nitrogens with one attached hydrogen (secondary N) is 1. The Morgan fingerprint density at radius 2 is 2.00 bits per heavy atom. The van der Waals surface area contributed by atoms with E-state index in [1.165, 1.54) is 0 Å². The van der Waals surface area contributed by atoms with E-state index in [4.69, 9.17) is 0 Å². The Labute approximate surface area is 93.6 Å². The fourth-order valence-corrected chi connectivity index (χ4v) is 4.06. The Balaban J connectivity index is 2.55. The van der Waals surface area contributed by atoms with Crippen LogP contribution in [0.4, 0.5) is 0 Å². The molecule has 1 unspecified atom stereocenters. The Hall–Kier alpha value is -0.0900. The van der Waals surface area contributed by atoms with Crippen molar-refractivity contribution in [2.75, 3.05) is 18.1 Å². The molecule has 4 heteroatoms. The second-order valence-electron chi connectivity index (χ2n) is 5.62. The molecule has 0 saturated carbocycles. The fraction of sp³-hybridized carbons (Fsp3) is 1.00. The molecule has 1 saturated heterocycles. The topological polar surface area (TPSA) is 46.2 Å². The van der Waals surface area contributed by atoms with Gasteiger partial charge in [-0.2, -0.15) is 0 Å². The van der Waals surface area contributed by atoms with Crippen LogP contribution < -0.4 is 5.32 Å². The first-order valence-electron chi connectivity index (χ1n) is 5.67. The summed E-state index contributed by atoms with van der Waals surface area (Å²) in [5.74, 6) is 1.07. The minimum absolute atomic E-state index is 0.0772. The summed E-state index contributed by atoms with van der Waals surface area (Å²) in [4.78, 5) is 0. The second-order valence-corrected chi connectivity index (χ2v) is 7.85. The lowest BCUT2D eigenvalue weighted by Gasteiger charge is -2.32. The lowest BCUT2D eigenvalue weighted by Crippen LogP contribution is -2.39. The van der Waals surface area contributed by atoms with Crippen molar-refractivity contribution in [2.45, 2.75) is 40.2 Å². The molecule has 1 N–H and O–H groups in total. The monoisotopic (exact) mass is 233 g/mol. The third kappa shape index (κ3) is 3.76. The van der Waals surface area contributed by atoms with E-state index in [2.05, 4.69) is 33.0 Å². The summed E-state index contributed by atoms with van der Waals surface area (Å²) in [6.45, 7) is 9.44. The standard InChI is InChI=1S/C11H23NO2S/c1-9(2)12-8-11(3,4)10-5-6-15(13,14)7-10/h9-10,12H,5-8H2,1-4H3. The van der Waals surface area contributed by atoms with Gasteiger partial charge in [0.05, 0.1) is 11.5 Å². The zero-order valence-electron chi connectivity index (χ0n) is 10.2. The molecule has 0 spiro atoms. The predicted octanol–water partition coefficient (Wildman–Crippen LogP) is 1.45. The van der Waals surface area contributed by atoms with Crippen molar-refractivity contribution in [2.24, 2.45) is 11.3 Å². The molecule has 0 aromatic carbocycles. The Kier molecular flexibility index (Phi) is 3.82. The van der Waals surface area contributed by atoms with Crippen LogP contribution in [-0.2, 0) is 9.84 Å². The highest BCUT2D eigenvalue weighted by Gasteiger charge is 2.38. The van der Waals surface area contributed by atoms with Crippen molar-refractivity contribution >= 4 is 9.84 Å². The van der Waals surface area contributed by atoms with Gasteiger partial charge in [-0.15, -0.1) is 0 Å². The number of sulfone groups is 1. The maximum absolute atomic E-state index is 11.4. The predicted molar refractivity (Wildman–Crippen MR) is 63.7 cm³/mol. The minimum atomic E-state index is -2.74. The van der Waals surface area contributed by atoms with Gasteiger partial charge in [-0.25, -0.2) is 8.42 Å². The molecule has 0 amide bonds. The first-order valence-corrected chi connectivity index (χ1v) is 7.49. The summed E-state index contributed by atoms with van der Waals surface area (Å²) < 4.78 is 22.8. The molecular weight excluding hydrogens is 210 g/mol. The molecule has 0 bridgehead atoms. The first-order chi connectivity index (χ1) is 6.73. The van der Waals surface area contributed by atoms with E-state index in [0.717, 1.165) is 13.0 Å². The van der Waals surface area contributed by atoms with Crippen LogP contribution in [0.25, 0.3) is 0 Å². The minimum Gasteiger partial charge on any atom is -0.314 e. The SMILES string of the molecule is CC(C)NCC(C)(C)C1CCS(=O)(=O)C1. The maximum atomic E-state index is 11.4. The molecule has 1 aliphatic rings. The van der Waals surface area contributed by atoms with Gasteiger partial charge in [0.1, 0.15) is 0 Å². The van der Waals surface area contributed by atoms with Gasteiger partial charge in [-0.1, -0.05) is 27.7 Å². The van der Waals surface area contributed by atoms with Crippen LogP contribution in [0.2, 0.25) is 0 Å². The molecule has 0 aromatic rings. The largest absolute Gasteiger partial charge is 0.314 e. The van der Waals surface area contributed by atoms with Crippen molar-refractivity contribution in [3.8, 4) is 0 Å². The van der Waals surface area contributed by atoms with Gasteiger partial charge in [0.2, 0.25) is 0 Å². The Bertz CT molecular complexity index is 307. The summed E-state index contributed by atoms with van der Waals surface area (Å²) in [5, 5.41) is 3.40. The lowest BCUT2D eigenvalue weighted by atomic mass is 9.78. The van der Waals surface area contributed by atoms with Gasteiger partial charge in [-0.3, -0.25) is 0 Å². The summed E-state index contributed by atoms with van der Waals surface area (Å²) >= 11 is 0. The van der Waals surface area contributed by atoms with Gasteiger partial charge in [0.15, 0.2) is 9.84 Å². The molecule has 0 aromatic heterocycles. The third-order valence-electron chi connectivity index (χ3n) is 3.30. The molecule has 1 aliphatic heterocycles. The second kappa shape index (κ2) is 4.42. The van der Waals surface area contributed by atoms with E-state index in [1.807, 2.05) is 0 Å². The van der Waals surface area contributed by atoms with Gasteiger partial charge in [0, 0.05) is 12.6 Å². The van der Waals surface area contributed by atoms with Crippen LogP contribution in [-0.4, -0.2) is 32.5 Å². The van der Waals surface area contributed by atoms with Gasteiger partial charge in [-0.05, 0) is 17.8 Å². The molecule has 1 heterocycles. The average Bonchev–Trinajstić information content (AvgIpc) is 2.43. The molecule has 0 radical (unpaired) electrons. The summed E-state index contributed by atoms with van der Waals surface area (Å²) in [5.41, 5.74) is 0.0772. The normalized spacial score (nSPS) is 26.1. The van der Waals surface area contributed by atoms with Crippen LogP contribution in [0.5, 0.6) is 0 Å². The Morgan fingerprint density at radius 3 is 2.40 bits per heavy atom. The lowest BCUT2D eigenvalue weighted by molar-refractivity contribution is 0.220. The molecule has 1 atom stereocenters. The van der Waals surface area contributed by atoms with E-state index in [-0.39, 0.29) is 5.41 Å². The quantitative estimate of drug-likeness (QED) is 0.799. The summed E-state index contributed by atoms with van der Waals surface area (Å²) in [6, 6.07) is 0.460. The van der Waals surface area contributed by atoms with Crippen LogP contribution in [0, 0.1) is 11.3 Å². The van der Waals surface area contributed by atoms with E-state index >= 15 is 0 Å². The molecule has 0 aliphatic carbocycles. The Morgan fingerprint density at radius 1 is 1.40 bits per heavy atom. The van der Waals surface area contributed by atoms with E-state index in [9.17, 15) is 8.42 Å². The van der Waals surface area contributed by atoms with E-state index < -0.39 is 9.84 Å². The molecule has 3 nitrogen and oxygen atoms in total. The zero-order valence-corrected chi connectivity index (χ0v) is 11.0. The summed E-state index contributed by atoms with van der Waals surface area (Å²) in [6.07, 6.45) is 0.828. The molecular formula is C11H23NO2S. The van der Waals surface area contributed by atoms with Gasteiger partial charge in [0.25, 0.3) is 0 Å². The third-order valence-corrected chi connectivity index (χ3v) is 5.07. The number of rotatable bonds is 4. The van der Waals surface area contributed by atoms with Crippen LogP contribution in [0.3, 0.4) is 0 Å². The highest BCUT2D eigenvalue weighted by molar-refractivity contribution is 7.91. The van der Waals surface area contributed by atoms with E-state index in [1.54, 1.807) is 0 Å². The van der Waals surface area contributed by atoms with Crippen molar-refractivity contribution < 1.29 is 8.42 Å². The molecule has 1 fully saturated rings. The number of hydrogen-bond acceptors (Lipinski definition) is 3. The van der Waals surface area contributed by atoms with Crippen molar-refractivity contribution in [1.82, 2.24) is 5.32 Å². The maximum Gasteiger partial charge on any atom is 0.150 e. The first kappa shape index (κ1) is 13.0. The summed E-state index contributed by atoms with van der Waals surface area (Å²) in [7, 11) is -2.74. The fourth-order valence-electron chi connectivity index (χ4n) is 2.02. The zero-order chi connectivity index (χ0) is 11.7. The highest BCUT2D eigenvalue weighted by Crippen LogP contribution is 2.34. The van der Waals surface area contributed by atoms with Crippen molar-refractivity contribution in [3.05, 3.63) is 0 Å².